The minimum atomic E-state index is -0.109. The number of hydrogen-bond acceptors (Lipinski definition) is 2. The summed E-state index contributed by atoms with van der Waals surface area (Å²) in [6, 6.07) is 15.9. The Morgan fingerprint density at radius 2 is 1.89 bits per heavy atom. The molecule has 0 heterocycles. The number of nitrogens with one attached hydrogen (secondary N) is 1. The highest BCUT2D eigenvalue weighted by Gasteiger charge is 2.13. The van der Waals surface area contributed by atoms with E-state index >= 15 is 0 Å². The molecule has 0 aliphatic carbocycles. The van der Waals surface area contributed by atoms with Gasteiger partial charge in [-0.05, 0) is 36.2 Å². The molecule has 2 aromatic rings. The first-order chi connectivity index (χ1) is 8.70. The maximum absolute atomic E-state index is 9.55. The van der Waals surface area contributed by atoms with E-state index in [0.717, 1.165) is 15.7 Å². The Kier molecular flexibility index (Phi) is 4.39. The molecule has 1 atom stereocenters. The van der Waals surface area contributed by atoms with Gasteiger partial charge in [-0.15, -0.1) is 0 Å². The number of hydrogen-bond donors (Lipinski definition) is 2. The number of anilines is 1. The van der Waals surface area contributed by atoms with Gasteiger partial charge in [-0.25, -0.2) is 0 Å². The van der Waals surface area contributed by atoms with Crippen LogP contribution in [-0.4, -0.2) is 11.7 Å². The predicted octanol–water partition coefficient (Wildman–Crippen LogP) is 3.90. The summed E-state index contributed by atoms with van der Waals surface area (Å²) in [5.41, 5.74) is 3.26. The molecular formula is C15H16BrNO. The fourth-order valence-corrected chi connectivity index (χ4v) is 2.64. The zero-order valence-electron chi connectivity index (χ0n) is 10.2. The topological polar surface area (TPSA) is 32.3 Å². The van der Waals surface area contributed by atoms with Crippen molar-refractivity contribution in [3.63, 3.8) is 0 Å². The van der Waals surface area contributed by atoms with Crippen molar-refractivity contribution >= 4 is 21.6 Å². The van der Waals surface area contributed by atoms with Crippen LogP contribution >= 0.6 is 15.9 Å². The zero-order chi connectivity index (χ0) is 13.0. The molecule has 2 rings (SSSR count). The van der Waals surface area contributed by atoms with Crippen LogP contribution in [0, 0.1) is 6.92 Å². The highest BCUT2D eigenvalue weighted by atomic mass is 79.9. The first-order valence-corrected chi connectivity index (χ1v) is 6.68. The third-order valence-electron chi connectivity index (χ3n) is 2.83. The van der Waals surface area contributed by atoms with Crippen LogP contribution in [0.1, 0.15) is 17.2 Å². The second kappa shape index (κ2) is 6.03. The Hall–Kier alpha value is -1.32. The molecule has 0 aromatic heterocycles. The van der Waals surface area contributed by atoms with Crippen LogP contribution in [0.4, 0.5) is 5.69 Å². The van der Waals surface area contributed by atoms with Gasteiger partial charge in [0.15, 0.2) is 0 Å². The molecule has 0 fully saturated rings. The fraction of sp³-hybridized carbons (Fsp3) is 0.200. The van der Waals surface area contributed by atoms with Crippen molar-refractivity contribution in [2.75, 3.05) is 11.9 Å². The average molecular weight is 306 g/mol. The molecule has 0 saturated carbocycles. The first kappa shape index (κ1) is 13.1. The van der Waals surface area contributed by atoms with E-state index in [9.17, 15) is 5.11 Å². The maximum Gasteiger partial charge on any atom is 0.0755 e. The molecule has 18 heavy (non-hydrogen) atoms. The Morgan fingerprint density at radius 1 is 1.17 bits per heavy atom. The molecule has 2 aromatic carbocycles. The Morgan fingerprint density at radius 3 is 2.50 bits per heavy atom. The lowest BCUT2D eigenvalue weighted by molar-refractivity contribution is 0.276. The number of aliphatic hydroxyl groups is 1. The monoisotopic (exact) mass is 305 g/mol. The van der Waals surface area contributed by atoms with Crippen LogP contribution in [0.5, 0.6) is 0 Å². The molecule has 0 spiro atoms. The van der Waals surface area contributed by atoms with E-state index in [1.807, 2.05) is 43.3 Å². The summed E-state index contributed by atoms with van der Waals surface area (Å²) in [5, 5.41) is 12.9. The molecule has 0 aliphatic heterocycles. The van der Waals surface area contributed by atoms with Crippen molar-refractivity contribution in [2.24, 2.45) is 0 Å². The summed E-state index contributed by atoms with van der Waals surface area (Å²) in [6.07, 6.45) is 0. The number of aliphatic hydroxyl groups excluding tert-OH is 1. The van der Waals surface area contributed by atoms with Crippen LogP contribution in [0.25, 0.3) is 0 Å². The molecule has 0 amide bonds. The summed E-state index contributed by atoms with van der Waals surface area (Å²) < 4.78 is 1.02. The molecule has 0 saturated heterocycles. The summed E-state index contributed by atoms with van der Waals surface area (Å²) in [4.78, 5) is 0. The number of aryl methyl sites for hydroxylation is 1. The van der Waals surface area contributed by atoms with Crippen LogP contribution in [0.3, 0.4) is 0 Å². The van der Waals surface area contributed by atoms with Crippen molar-refractivity contribution < 1.29 is 5.11 Å². The van der Waals surface area contributed by atoms with Gasteiger partial charge < -0.3 is 10.4 Å². The molecule has 0 aliphatic rings. The lowest BCUT2D eigenvalue weighted by Crippen LogP contribution is -2.15. The average Bonchev–Trinajstić information content (AvgIpc) is 2.38. The third kappa shape index (κ3) is 3.12. The predicted molar refractivity (Wildman–Crippen MR) is 78.8 cm³/mol. The number of halogens is 1. The van der Waals surface area contributed by atoms with Crippen LogP contribution in [0.2, 0.25) is 0 Å². The van der Waals surface area contributed by atoms with E-state index in [0.29, 0.717) is 0 Å². The third-order valence-corrected chi connectivity index (χ3v) is 3.52. The second-order valence-electron chi connectivity index (χ2n) is 4.27. The quantitative estimate of drug-likeness (QED) is 0.898. The largest absolute Gasteiger partial charge is 0.394 e. The van der Waals surface area contributed by atoms with Gasteiger partial charge in [0.1, 0.15) is 0 Å². The maximum atomic E-state index is 9.55. The van der Waals surface area contributed by atoms with Crippen LogP contribution in [0.15, 0.2) is 53.0 Å². The normalized spacial score (nSPS) is 12.2. The zero-order valence-corrected chi connectivity index (χ0v) is 11.8. The lowest BCUT2D eigenvalue weighted by Gasteiger charge is -2.19. The Bertz CT molecular complexity index is 513. The van der Waals surface area contributed by atoms with E-state index < -0.39 is 0 Å². The highest BCUT2D eigenvalue weighted by molar-refractivity contribution is 9.10. The van der Waals surface area contributed by atoms with Crippen molar-refractivity contribution in [3.8, 4) is 0 Å². The molecule has 94 valence electrons. The van der Waals surface area contributed by atoms with Gasteiger partial charge in [0.2, 0.25) is 0 Å². The molecule has 1 unspecified atom stereocenters. The van der Waals surface area contributed by atoms with Crippen molar-refractivity contribution in [3.05, 3.63) is 64.1 Å². The molecule has 0 bridgehead atoms. The Balaban J connectivity index is 2.23. The summed E-state index contributed by atoms with van der Waals surface area (Å²) in [7, 11) is 0. The van der Waals surface area contributed by atoms with E-state index in [1.165, 1.54) is 5.56 Å². The van der Waals surface area contributed by atoms with Gasteiger partial charge in [-0.3, -0.25) is 0 Å². The van der Waals surface area contributed by atoms with Gasteiger partial charge >= 0.3 is 0 Å². The molecule has 3 heteroatoms. The first-order valence-electron chi connectivity index (χ1n) is 5.89. The minimum Gasteiger partial charge on any atom is -0.394 e. The van der Waals surface area contributed by atoms with Gasteiger partial charge in [0.25, 0.3) is 0 Å². The molecular weight excluding hydrogens is 290 g/mol. The minimum absolute atomic E-state index is 0.0521. The van der Waals surface area contributed by atoms with Gasteiger partial charge in [0, 0.05) is 10.2 Å². The summed E-state index contributed by atoms with van der Waals surface area (Å²) in [5.74, 6) is 0. The van der Waals surface area contributed by atoms with Gasteiger partial charge in [0.05, 0.1) is 12.6 Å². The number of para-hydroxylation sites is 1. The van der Waals surface area contributed by atoms with E-state index in [1.54, 1.807) is 0 Å². The molecule has 2 N–H and O–H groups in total. The van der Waals surface area contributed by atoms with Gasteiger partial charge in [-0.1, -0.05) is 46.3 Å². The molecule has 2 nitrogen and oxygen atoms in total. The summed E-state index contributed by atoms with van der Waals surface area (Å²) in [6.45, 7) is 2.10. The highest BCUT2D eigenvalue weighted by Crippen LogP contribution is 2.27. The lowest BCUT2D eigenvalue weighted by atomic mass is 10.1. The Labute approximate surface area is 116 Å². The second-order valence-corrected chi connectivity index (χ2v) is 5.12. The SMILES string of the molecule is Cc1ccc(C(CO)Nc2ccccc2)c(Br)c1. The number of rotatable bonds is 4. The van der Waals surface area contributed by atoms with E-state index in [-0.39, 0.29) is 12.6 Å². The smallest absolute Gasteiger partial charge is 0.0755 e. The van der Waals surface area contributed by atoms with Gasteiger partial charge in [-0.2, -0.15) is 0 Å². The summed E-state index contributed by atoms with van der Waals surface area (Å²) >= 11 is 3.55. The standard InChI is InChI=1S/C15H16BrNO/c1-11-7-8-13(14(16)9-11)15(10-18)17-12-5-3-2-4-6-12/h2-9,15,17-18H,10H2,1H3. The molecule has 0 radical (unpaired) electrons. The van der Waals surface area contributed by atoms with Crippen molar-refractivity contribution in [2.45, 2.75) is 13.0 Å². The van der Waals surface area contributed by atoms with E-state index in [4.69, 9.17) is 0 Å². The van der Waals surface area contributed by atoms with E-state index in [2.05, 4.69) is 33.4 Å². The van der Waals surface area contributed by atoms with Crippen LogP contribution in [-0.2, 0) is 0 Å². The van der Waals surface area contributed by atoms with Crippen molar-refractivity contribution in [1.29, 1.82) is 0 Å². The van der Waals surface area contributed by atoms with Crippen LogP contribution < -0.4 is 5.32 Å². The fourth-order valence-electron chi connectivity index (χ4n) is 1.87. The van der Waals surface area contributed by atoms with Crippen molar-refractivity contribution in [1.82, 2.24) is 0 Å². The number of benzene rings is 2.